The predicted molar refractivity (Wildman–Crippen MR) is 62.3 cm³/mol. The van der Waals surface area contributed by atoms with Crippen LogP contribution in [0, 0.1) is 5.92 Å². The van der Waals surface area contributed by atoms with Gasteiger partial charge in [-0.05, 0) is 19.9 Å². The van der Waals surface area contributed by atoms with Gasteiger partial charge in [0.2, 0.25) is 5.91 Å². The molecule has 90 valence electrons. The number of rotatable bonds is 7. The van der Waals surface area contributed by atoms with Gasteiger partial charge < -0.3 is 15.4 Å². The van der Waals surface area contributed by atoms with Crippen LogP contribution >= 0.6 is 12.4 Å². The van der Waals surface area contributed by atoms with Gasteiger partial charge in [0.05, 0.1) is 12.0 Å². The van der Waals surface area contributed by atoms with Crippen LogP contribution in [0.4, 0.5) is 0 Å². The molecule has 1 aliphatic carbocycles. The molecule has 2 N–H and O–H groups in total. The molecule has 0 aromatic carbocycles. The Labute approximate surface area is 97.5 Å². The monoisotopic (exact) mass is 236 g/mol. The first-order valence-electron chi connectivity index (χ1n) is 5.39. The van der Waals surface area contributed by atoms with E-state index in [1.54, 1.807) is 0 Å². The number of hydrogen-bond donors (Lipinski definition) is 2. The van der Waals surface area contributed by atoms with Gasteiger partial charge in [0.15, 0.2) is 0 Å². The van der Waals surface area contributed by atoms with Gasteiger partial charge in [0.25, 0.3) is 0 Å². The molecule has 1 fully saturated rings. The van der Waals surface area contributed by atoms with Crippen molar-refractivity contribution in [1.82, 2.24) is 10.6 Å². The van der Waals surface area contributed by atoms with E-state index in [1.807, 2.05) is 13.8 Å². The Morgan fingerprint density at radius 1 is 1.40 bits per heavy atom. The summed E-state index contributed by atoms with van der Waals surface area (Å²) in [6, 6.07) is 0. The Hall–Kier alpha value is -0.320. The van der Waals surface area contributed by atoms with E-state index in [0.29, 0.717) is 13.2 Å². The van der Waals surface area contributed by atoms with Crippen molar-refractivity contribution in [1.29, 1.82) is 0 Å². The molecule has 15 heavy (non-hydrogen) atoms. The van der Waals surface area contributed by atoms with Gasteiger partial charge in [-0.15, -0.1) is 12.4 Å². The largest absolute Gasteiger partial charge is 0.378 e. The maximum Gasteiger partial charge on any atom is 0.225 e. The normalized spacial score (nSPS) is 23.1. The van der Waals surface area contributed by atoms with Crippen molar-refractivity contribution in [3.8, 4) is 0 Å². The summed E-state index contributed by atoms with van der Waals surface area (Å²) in [5, 5.41) is 6.04. The summed E-state index contributed by atoms with van der Waals surface area (Å²) >= 11 is 0. The molecule has 0 radical (unpaired) electrons. The van der Waals surface area contributed by atoms with Crippen LogP contribution in [0.5, 0.6) is 0 Å². The van der Waals surface area contributed by atoms with Gasteiger partial charge in [0, 0.05) is 19.7 Å². The molecule has 0 aliphatic heterocycles. The van der Waals surface area contributed by atoms with Crippen LogP contribution in [0.2, 0.25) is 0 Å². The number of nitrogens with one attached hydrogen (secondary N) is 2. The molecule has 5 heteroatoms. The zero-order valence-corrected chi connectivity index (χ0v) is 10.2. The average Bonchev–Trinajstić information content (AvgIpc) is 2.92. The third-order valence-corrected chi connectivity index (χ3v) is 2.30. The number of ether oxygens (including phenoxy) is 1. The molecule has 2 unspecified atom stereocenters. The number of halogens is 1. The molecule has 1 saturated carbocycles. The molecule has 0 saturated heterocycles. The molecule has 2 atom stereocenters. The van der Waals surface area contributed by atoms with Crippen molar-refractivity contribution >= 4 is 18.3 Å². The highest BCUT2D eigenvalue weighted by atomic mass is 35.5. The van der Waals surface area contributed by atoms with Crippen LogP contribution in [-0.2, 0) is 9.53 Å². The summed E-state index contributed by atoms with van der Waals surface area (Å²) in [5.74, 6) is 0.248. The van der Waals surface area contributed by atoms with Crippen LogP contribution in [-0.4, -0.2) is 38.3 Å². The van der Waals surface area contributed by atoms with Crippen LogP contribution < -0.4 is 10.6 Å². The minimum absolute atomic E-state index is 0. The van der Waals surface area contributed by atoms with E-state index >= 15 is 0 Å². The maximum absolute atomic E-state index is 11.4. The van der Waals surface area contributed by atoms with Gasteiger partial charge in [-0.1, -0.05) is 6.92 Å². The fourth-order valence-electron chi connectivity index (χ4n) is 1.43. The van der Waals surface area contributed by atoms with Gasteiger partial charge in [-0.25, -0.2) is 0 Å². The van der Waals surface area contributed by atoms with Crippen molar-refractivity contribution in [3.63, 3.8) is 0 Å². The van der Waals surface area contributed by atoms with Crippen molar-refractivity contribution in [2.75, 3.05) is 26.2 Å². The number of amides is 1. The smallest absolute Gasteiger partial charge is 0.225 e. The Balaban J connectivity index is 0.00000196. The lowest BCUT2D eigenvalue weighted by Gasteiger charge is -2.04. The quantitative estimate of drug-likeness (QED) is 0.635. The third-order valence-electron chi connectivity index (χ3n) is 2.30. The third kappa shape index (κ3) is 5.35. The van der Waals surface area contributed by atoms with Crippen molar-refractivity contribution in [2.24, 2.45) is 5.92 Å². The predicted octanol–water partition coefficient (Wildman–Crippen LogP) is 0.559. The highest BCUT2D eigenvalue weighted by Gasteiger charge is 2.43. The Kier molecular flexibility index (Phi) is 7.74. The molecule has 0 aromatic rings. The van der Waals surface area contributed by atoms with Gasteiger partial charge in [-0.3, -0.25) is 4.79 Å². The van der Waals surface area contributed by atoms with E-state index < -0.39 is 0 Å². The topological polar surface area (TPSA) is 50.4 Å². The van der Waals surface area contributed by atoms with Gasteiger partial charge in [0.1, 0.15) is 0 Å². The van der Waals surface area contributed by atoms with E-state index in [9.17, 15) is 4.79 Å². The molecular formula is C10H21ClN2O2. The summed E-state index contributed by atoms with van der Waals surface area (Å²) in [6.45, 7) is 7.20. The minimum atomic E-state index is 0. The molecule has 1 aliphatic rings. The Morgan fingerprint density at radius 3 is 2.73 bits per heavy atom. The first-order valence-corrected chi connectivity index (χ1v) is 5.39. The zero-order valence-electron chi connectivity index (χ0n) is 9.41. The van der Waals surface area contributed by atoms with Crippen LogP contribution in [0.1, 0.15) is 20.3 Å². The van der Waals surface area contributed by atoms with Crippen molar-refractivity contribution < 1.29 is 9.53 Å². The Bertz CT molecular complexity index is 190. The molecule has 0 spiro atoms. The molecule has 0 bridgehead atoms. The summed E-state index contributed by atoms with van der Waals surface area (Å²) in [4.78, 5) is 11.4. The van der Waals surface area contributed by atoms with Crippen molar-refractivity contribution in [2.45, 2.75) is 26.4 Å². The highest BCUT2D eigenvalue weighted by molar-refractivity contribution is 5.85. The van der Waals surface area contributed by atoms with E-state index in [-0.39, 0.29) is 30.3 Å². The first kappa shape index (κ1) is 14.7. The van der Waals surface area contributed by atoms with E-state index in [0.717, 1.165) is 19.5 Å². The number of likely N-dealkylation sites (N-methyl/N-ethyl adjacent to an activating group) is 1. The maximum atomic E-state index is 11.4. The lowest BCUT2D eigenvalue weighted by atomic mass is 10.4. The van der Waals surface area contributed by atoms with Gasteiger partial charge in [-0.2, -0.15) is 0 Å². The van der Waals surface area contributed by atoms with E-state index in [4.69, 9.17) is 4.74 Å². The second-order valence-electron chi connectivity index (χ2n) is 3.48. The number of hydrogen-bond acceptors (Lipinski definition) is 3. The lowest BCUT2D eigenvalue weighted by molar-refractivity contribution is -0.123. The summed E-state index contributed by atoms with van der Waals surface area (Å²) in [7, 11) is 0. The van der Waals surface area contributed by atoms with E-state index in [1.165, 1.54) is 0 Å². The second-order valence-corrected chi connectivity index (χ2v) is 3.48. The second kappa shape index (κ2) is 7.91. The van der Waals surface area contributed by atoms with Crippen LogP contribution in [0.25, 0.3) is 0 Å². The number of carbonyl (C=O) groups is 1. The minimum Gasteiger partial charge on any atom is -0.378 e. The summed E-state index contributed by atoms with van der Waals surface area (Å²) in [5.41, 5.74) is 0. The lowest BCUT2D eigenvalue weighted by Crippen LogP contribution is -2.33. The van der Waals surface area contributed by atoms with Crippen LogP contribution in [0.3, 0.4) is 0 Å². The van der Waals surface area contributed by atoms with Crippen LogP contribution in [0.15, 0.2) is 0 Å². The summed E-state index contributed by atoms with van der Waals surface area (Å²) in [6.07, 6.45) is 1.07. The van der Waals surface area contributed by atoms with E-state index in [2.05, 4.69) is 10.6 Å². The van der Waals surface area contributed by atoms with Crippen molar-refractivity contribution in [3.05, 3.63) is 0 Å². The standard InChI is InChI=1S/C10H20N2O2.ClH/c1-3-11-5-6-12-10(13)8-7-9(8)14-4-2;/h8-9,11H,3-7H2,1-2H3,(H,12,13);1H. The summed E-state index contributed by atoms with van der Waals surface area (Å²) < 4.78 is 5.34. The molecule has 4 nitrogen and oxygen atoms in total. The fraction of sp³-hybridized carbons (Fsp3) is 0.900. The zero-order chi connectivity index (χ0) is 10.4. The molecule has 1 amide bonds. The SMILES string of the molecule is CCNCCNC(=O)C1CC1OCC.Cl. The Morgan fingerprint density at radius 2 is 2.13 bits per heavy atom. The highest BCUT2D eigenvalue weighted by Crippen LogP contribution is 2.33. The fourth-order valence-corrected chi connectivity index (χ4v) is 1.43. The average molecular weight is 237 g/mol. The first-order chi connectivity index (χ1) is 6.79. The molecule has 0 aromatic heterocycles. The molecule has 1 rings (SSSR count). The molecule has 0 heterocycles. The molecular weight excluding hydrogens is 216 g/mol. The van der Waals surface area contributed by atoms with Gasteiger partial charge >= 0.3 is 0 Å². The number of carbonyl (C=O) groups excluding carboxylic acids is 1.